The first-order valence-corrected chi connectivity index (χ1v) is 5.50. The molecule has 0 aliphatic carbocycles. The zero-order valence-electron chi connectivity index (χ0n) is 9.87. The van der Waals surface area contributed by atoms with Crippen molar-refractivity contribution in [2.24, 2.45) is 0 Å². The fourth-order valence-corrected chi connectivity index (χ4v) is 1.34. The number of carbonyl (C=O) groups excluding carboxylic acids is 2. The molecule has 1 heterocycles. The standard InChI is InChI=1S/C12H17NO3/c1-4-9-6-7-11(16-9)12(15)13-8(3)10(14)5-2/h6-8H,4-5H2,1-3H3,(H,13,15). The largest absolute Gasteiger partial charge is 0.456 e. The number of amides is 1. The molecule has 0 spiro atoms. The van der Waals surface area contributed by atoms with Crippen LogP contribution in [-0.2, 0) is 11.2 Å². The van der Waals surface area contributed by atoms with E-state index in [1.807, 2.05) is 6.92 Å². The number of rotatable bonds is 5. The van der Waals surface area contributed by atoms with Crippen LogP contribution in [0.3, 0.4) is 0 Å². The van der Waals surface area contributed by atoms with Crippen LogP contribution in [0.2, 0.25) is 0 Å². The fraction of sp³-hybridized carbons (Fsp3) is 0.500. The maximum atomic E-state index is 11.6. The van der Waals surface area contributed by atoms with Crippen LogP contribution in [-0.4, -0.2) is 17.7 Å². The Balaban J connectivity index is 2.61. The minimum absolute atomic E-state index is 0.00983. The molecule has 4 nitrogen and oxygen atoms in total. The third-order valence-electron chi connectivity index (χ3n) is 2.41. The number of carbonyl (C=O) groups is 2. The van der Waals surface area contributed by atoms with E-state index in [0.717, 1.165) is 12.2 Å². The summed E-state index contributed by atoms with van der Waals surface area (Å²) >= 11 is 0. The van der Waals surface area contributed by atoms with Crippen LogP contribution >= 0.6 is 0 Å². The van der Waals surface area contributed by atoms with E-state index in [1.165, 1.54) is 0 Å². The summed E-state index contributed by atoms with van der Waals surface area (Å²) in [4.78, 5) is 22.9. The average molecular weight is 223 g/mol. The van der Waals surface area contributed by atoms with Crippen molar-refractivity contribution in [1.82, 2.24) is 5.32 Å². The van der Waals surface area contributed by atoms with Gasteiger partial charge in [0.25, 0.3) is 5.91 Å². The maximum Gasteiger partial charge on any atom is 0.287 e. The Morgan fingerprint density at radius 3 is 2.56 bits per heavy atom. The smallest absolute Gasteiger partial charge is 0.287 e. The Kier molecular flexibility index (Phi) is 4.28. The summed E-state index contributed by atoms with van der Waals surface area (Å²) in [5.74, 6) is 0.692. The highest BCUT2D eigenvalue weighted by atomic mass is 16.3. The van der Waals surface area contributed by atoms with Crippen LogP contribution < -0.4 is 5.32 Å². The van der Waals surface area contributed by atoms with Gasteiger partial charge in [0, 0.05) is 12.8 Å². The van der Waals surface area contributed by atoms with Gasteiger partial charge in [0.2, 0.25) is 0 Å². The first-order valence-electron chi connectivity index (χ1n) is 5.50. The second-order valence-electron chi connectivity index (χ2n) is 3.63. The lowest BCUT2D eigenvalue weighted by Gasteiger charge is -2.10. The molecular weight excluding hydrogens is 206 g/mol. The van der Waals surface area contributed by atoms with E-state index in [9.17, 15) is 9.59 Å². The molecule has 1 rings (SSSR count). The number of ketones is 1. The molecule has 0 aliphatic heterocycles. The molecule has 0 aliphatic rings. The Hall–Kier alpha value is -1.58. The van der Waals surface area contributed by atoms with Crippen LogP contribution in [0, 0.1) is 0 Å². The van der Waals surface area contributed by atoms with Gasteiger partial charge < -0.3 is 9.73 Å². The summed E-state index contributed by atoms with van der Waals surface area (Å²) in [6, 6.07) is 2.92. The summed E-state index contributed by atoms with van der Waals surface area (Å²) < 4.78 is 5.29. The number of furan rings is 1. The van der Waals surface area contributed by atoms with E-state index < -0.39 is 6.04 Å². The van der Waals surface area contributed by atoms with Crippen molar-refractivity contribution in [3.8, 4) is 0 Å². The molecule has 1 unspecified atom stereocenters. The normalized spacial score (nSPS) is 12.2. The monoisotopic (exact) mass is 223 g/mol. The zero-order chi connectivity index (χ0) is 12.1. The summed E-state index contributed by atoms with van der Waals surface area (Å²) in [6.45, 7) is 5.39. The highest BCUT2D eigenvalue weighted by Gasteiger charge is 2.17. The topological polar surface area (TPSA) is 59.3 Å². The molecule has 1 aromatic heterocycles. The van der Waals surface area contributed by atoms with Crippen molar-refractivity contribution in [3.63, 3.8) is 0 Å². The van der Waals surface area contributed by atoms with Crippen molar-refractivity contribution in [1.29, 1.82) is 0 Å². The maximum absolute atomic E-state index is 11.6. The van der Waals surface area contributed by atoms with Crippen molar-refractivity contribution >= 4 is 11.7 Å². The van der Waals surface area contributed by atoms with Gasteiger partial charge in [0.15, 0.2) is 11.5 Å². The van der Waals surface area contributed by atoms with Crippen LogP contribution in [0.4, 0.5) is 0 Å². The Morgan fingerprint density at radius 2 is 2.06 bits per heavy atom. The zero-order valence-corrected chi connectivity index (χ0v) is 9.87. The summed E-state index contributed by atoms with van der Waals surface area (Å²) in [6.07, 6.45) is 1.16. The third-order valence-corrected chi connectivity index (χ3v) is 2.41. The van der Waals surface area contributed by atoms with Gasteiger partial charge in [0.05, 0.1) is 6.04 Å². The minimum atomic E-state index is -0.465. The molecule has 1 aromatic rings. The molecule has 1 amide bonds. The Morgan fingerprint density at radius 1 is 1.38 bits per heavy atom. The Bertz CT molecular complexity index is 381. The molecular formula is C12H17NO3. The second-order valence-corrected chi connectivity index (χ2v) is 3.63. The van der Waals surface area contributed by atoms with Gasteiger partial charge in [0.1, 0.15) is 5.76 Å². The quantitative estimate of drug-likeness (QED) is 0.829. The molecule has 88 valence electrons. The van der Waals surface area contributed by atoms with E-state index in [4.69, 9.17) is 4.42 Å². The van der Waals surface area contributed by atoms with E-state index in [-0.39, 0.29) is 17.5 Å². The molecule has 0 fully saturated rings. The highest BCUT2D eigenvalue weighted by Crippen LogP contribution is 2.08. The van der Waals surface area contributed by atoms with Gasteiger partial charge in [-0.2, -0.15) is 0 Å². The number of aryl methyl sites for hydroxylation is 1. The predicted octanol–water partition coefficient (Wildman–Crippen LogP) is 1.94. The minimum Gasteiger partial charge on any atom is -0.456 e. The van der Waals surface area contributed by atoms with Gasteiger partial charge in [-0.1, -0.05) is 13.8 Å². The molecule has 0 saturated carbocycles. The molecule has 4 heteroatoms. The van der Waals surface area contributed by atoms with Crippen molar-refractivity contribution < 1.29 is 14.0 Å². The van der Waals surface area contributed by atoms with Crippen LogP contribution in [0.15, 0.2) is 16.5 Å². The van der Waals surface area contributed by atoms with Crippen molar-refractivity contribution in [2.75, 3.05) is 0 Å². The fourth-order valence-electron chi connectivity index (χ4n) is 1.34. The van der Waals surface area contributed by atoms with Gasteiger partial charge in [-0.25, -0.2) is 0 Å². The molecule has 0 aromatic carbocycles. The Labute approximate surface area is 95.0 Å². The number of nitrogens with one attached hydrogen (secondary N) is 1. The highest BCUT2D eigenvalue weighted by molar-refractivity contribution is 5.95. The first kappa shape index (κ1) is 12.5. The number of hydrogen-bond donors (Lipinski definition) is 1. The molecule has 1 N–H and O–H groups in total. The first-order chi connectivity index (χ1) is 7.58. The SMILES string of the molecule is CCC(=O)C(C)NC(=O)c1ccc(CC)o1. The summed E-state index contributed by atoms with van der Waals surface area (Å²) in [5, 5.41) is 2.60. The van der Waals surface area contributed by atoms with E-state index in [0.29, 0.717) is 6.42 Å². The predicted molar refractivity (Wildman–Crippen MR) is 60.3 cm³/mol. The third kappa shape index (κ3) is 2.95. The van der Waals surface area contributed by atoms with Crippen LogP contribution in [0.5, 0.6) is 0 Å². The lowest BCUT2D eigenvalue weighted by atomic mass is 10.1. The number of hydrogen-bond acceptors (Lipinski definition) is 3. The van der Waals surface area contributed by atoms with Crippen molar-refractivity contribution in [2.45, 2.75) is 39.7 Å². The summed E-state index contributed by atoms with van der Waals surface area (Å²) in [5.41, 5.74) is 0. The van der Waals surface area contributed by atoms with E-state index in [2.05, 4.69) is 5.32 Å². The van der Waals surface area contributed by atoms with Gasteiger partial charge in [-0.3, -0.25) is 9.59 Å². The van der Waals surface area contributed by atoms with E-state index >= 15 is 0 Å². The lowest BCUT2D eigenvalue weighted by Crippen LogP contribution is -2.38. The van der Waals surface area contributed by atoms with Crippen LogP contribution in [0.1, 0.15) is 43.5 Å². The number of Topliss-reactive ketones (excluding diaryl/α,β-unsaturated/α-hetero) is 1. The molecule has 0 bridgehead atoms. The second kappa shape index (κ2) is 5.49. The van der Waals surface area contributed by atoms with E-state index in [1.54, 1.807) is 26.0 Å². The molecule has 16 heavy (non-hydrogen) atoms. The lowest BCUT2D eigenvalue weighted by molar-refractivity contribution is -0.120. The van der Waals surface area contributed by atoms with Gasteiger partial charge >= 0.3 is 0 Å². The van der Waals surface area contributed by atoms with Crippen LogP contribution in [0.25, 0.3) is 0 Å². The van der Waals surface area contributed by atoms with Gasteiger partial charge in [-0.15, -0.1) is 0 Å². The molecule has 1 atom stereocenters. The van der Waals surface area contributed by atoms with Gasteiger partial charge in [-0.05, 0) is 19.1 Å². The molecule has 0 saturated heterocycles. The summed E-state index contributed by atoms with van der Waals surface area (Å²) in [7, 11) is 0. The molecule has 0 radical (unpaired) electrons. The average Bonchev–Trinajstić information content (AvgIpc) is 2.76. The van der Waals surface area contributed by atoms with Crippen molar-refractivity contribution in [3.05, 3.63) is 23.7 Å².